The molecule has 1 aromatic carbocycles. The van der Waals surface area contributed by atoms with Crippen molar-refractivity contribution >= 4 is 13.0 Å². The van der Waals surface area contributed by atoms with Crippen LogP contribution in [-0.4, -0.2) is 18.9 Å². The van der Waals surface area contributed by atoms with E-state index in [1.807, 2.05) is 6.07 Å². The van der Waals surface area contributed by atoms with Gasteiger partial charge in [0.2, 0.25) is 0 Å². The van der Waals surface area contributed by atoms with Crippen LogP contribution in [0.3, 0.4) is 0 Å². The van der Waals surface area contributed by atoms with Gasteiger partial charge in [0.1, 0.15) is 0 Å². The van der Waals surface area contributed by atoms with E-state index < -0.39 is 7.72 Å². The topological polar surface area (TPSA) is 18.5 Å². The van der Waals surface area contributed by atoms with Gasteiger partial charge in [0, 0.05) is 0 Å². The molecule has 0 spiro atoms. The molecule has 0 saturated heterocycles. The number of hydrogen-bond acceptors (Lipinski definition) is 2. The van der Waals surface area contributed by atoms with Crippen molar-refractivity contribution in [2.24, 2.45) is 0 Å². The first-order chi connectivity index (χ1) is 7.76. The fourth-order valence-corrected chi connectivity index (χ4v) is 4.78. The summed E-state index contributed by atoms with van der Waals surface area (Å²) in [5.74, 6) is 0. The Labute approximate surface area is 97.5 Å². The second kappa shape index (κ2) is 4.10. The van der Waals surface area contributed by atoms with E-state index in [1.54, 1.807) is 0 Å². The van der Waals surface area contributed by atoms with Crippen molar-refractivity contribution in [3.63, 3.8) is 0 Å². The normalized spacial score (nSPS) is 22.1. The molecule has 0 bridgehead atoms. The van der Waals surface area contributed by atoms with Crippen LogP contribution in [0.2, 0.25) is 0 Å². The molecule has 2 aliphatic carbocycles. The molecule has 3 heteroatoms. The summed E-state index contributed by atoms with van der Waals surface area (Å²) in [5.41, 5.74) is 0. The second-order valence-corrected chi connectivity index (χ2v) is 7.89. The number of rotatable bonds is 5. The molecule has 2 aliphatic rings. The summed E-state index contributed by atoms with van der Waals surface area (Å²) in [7, 11) is -2.13. The van der Waals surface area contributed by atoms with Crippen LogP contribution in [0.1, 0.15) is 25.7 Å². The van der Waals surface area contributed by atoms with Gasteiger partial charge >= 0.3 is 97.0 Å². The van der Waals surface area contributed by atoms with Crippen molar-refractivity contribution in [1.29, 1.82) is 0 Å². The minimum absolute atomic E-state index is 0.468. The number of benzene rings is 1. The van der Waals surface area contributed by atoms with Gasteiger partial charge in [-0.25, -0.2) is 0 Å². The average Bonchev–Trinajstić information content (AvgIpc) is 3.17. The first kappa shape index (κ1) is 10.7. The third-order valence-electron chi connectivity index (χ3n) is 3.13. The van der Waals surface area contributed by atoms with E-state index >= 15 is 0 Å². The van der Waals surface area contributed by atoms with E-state index in [0.717, 1.165) is 0 Å². The SMILES string of the molecule is C[PH](OC1CC1)(OC1CC1)c1ccccc1. The molecule has 2 saturated carbocycles. The molecule has 16 heavy (non-hydrogen) atoms. The van der Waals surface area contributed by atoms with Gasteiger partial charge in [-0.2, -0.15) is 0 Å². The van der Waals surface area contributed by atoms with E-state index in [2.05, 4.69) is 30.9 Å². The van der Waals surface area contributed by atoms with Crippen molar-refractivity contribution in [3.05, 3.63) is 30.3 Å². The molecule has 0 amide bonds. The Morgan fingerprint density at radius 1 is 0.938 bits per heavy atom. The molecule has 0 atom stereocenters. The van der Waals surface area contributed by atoms with Crippen LogP contribution >= 0.6 is 7.72 Å². The van der Waals surface area contributed by atoms with Crippen molar-refractivity contribution in [2.45, 2.75) is 37.9 Å². The standard InChI is InChI=1S/C13H19O2P/c1-16(14-11-7-8-11,15-12-9-10-12)13-5-3-2-4-6-13/h2-6,11-12,16H,7-10H2,1H3. The summed E-state index contributed by atoms with van der Waals surface area (Å²) in [4.78, 5) is 0. The van der Waals surface area contributed by atoms with Crippen LogP contribution in [0.5, 0.6) is 0 Å². The van der Waals surface area contributed by atoms with Gasteiger partial charge < -0.3 is 0 Å². The van der Waals surface area contributed by atoms with Crippen LogP contribution in [0.4, 0.5) is 0 Å². The Kier molecular flexibility index (Phi) is 2.75. The molecular formula is C13H19O2P. The summed E-state index contributed by atoms with van der Waals surface area (Å²) in [6, 6.07) is 10.5. The molecule has 1 aromatic rings. The summed E-state index contributed by atoms with van der Waals surface area (Å²) < 4.78 is 12.4. The average molecular weight is 238 g/mol. The molecule has 0 aromatic heterocycles. The molecule has 0 heterocycles. The Bertz CT molecular complexity index is 343. The van der Waals surface area contributed by atoms with E-state index in [-0.39, 0.29) is 0 Å². The zero-order valence-corrected chi connectivity index (χ0v) is 10.7. The first-order valence-corrected chi connectivity index (χ1v) is 8.49. The molecule has 0 N–H and O–H groups in total. The van der Waals surface area contributed by atoms with Crippen molar-refractivity contribution < 1.29 is 9.05 Å². The van der Waals surface area contributed by atoms with Crippen molar-refractivity contribution in [2.75, 3.05) is 6.66 Å². The predicted octanol–water partition coefficient (Wildman–Crippen LogP) is 2.88. The van der Waals surface area contributed by atoms with Gasteiger partial charge in [-0.3, -0.25) is 0 Å². The molecule has 88 valence electrons. The maximum absolute atomic E-state index is 6.20. The third kappa shape index (κ3) is 2.45. The van der Waals surface area contributed by atoms with E-state index in [4.69, 9.17) is 9.05 Å². The van der Waals surface area contributed by atoms with Crippen molar-refractivity contribution in [3.8, 4) is 0 Å². The molecular weight excluding hydrogens is 219 g/mol. The predicted molar refractivity (Wildman–Crippen MR) is 68.5 cm³/mol. The molecule has 0 unspecified atom stereocenters. The summed E-state index contributed by atoms with van der Waals surface area (Å²) >= 11 is 0. The monoisotopic (exact) mass is 238 g/mol. The Morgan fingerprint density at radius 2 is 1.44 bits per heavy atom. The molecule has 3 rings (SSSR count). The van der Waals surface area contributed by atoms with Gasteiger partial charge in [0.05, 0.1) is 0 Å². The summed E-state index contributed by atoms with van der Waals surface area (Å²) in [5, 5.41) is 1.27. The van der Waals surface area contributed by atoms with Gasteiger partial charge in [0.15, 0.2) is 0 Å². The van der Waals surface area contributed by atoms with Crippen LogP contribution in [-0.2, 0) is 9.05 Å². The molecule has 2 nitrogen and oxygen atoms in total. The fourth-order valence-electron chi connectivity index (χ4n) is 1.91. The van der Waals surface area contributed by atoms with Crippen LogP contribution in [0.15, 0.2) is 30.3 Å². The van der Waals surface area contributed by atoms with Gasteiger partial charge in [-0.1, -0.05) is 0 Å². The van der Waals surface area contributed by atoms with Gasteiger partial charge in [0.25, 0.3) is 0 Å². The third-order valence-corrected chi connectivity index (χ3v) is 6.08. The summed E-state index contributed by atoms with van der Waals surface area (Å²) in [6.07, 6.45) is 5.78. The second-order valence-electron chi connectivity index (χ2n) is 4.95. The zero-order valence-electron chi connectivity index (χ0n) is 9.69. The maximum atomic E-state index is 6.20. The molecule has 0 aliphatic heterocycles. The Balaban J connectivity index is 1.80. The Morgan fingerprint density at radius 3 is 1.88 bits per heavy atom. The van der Waals surface area contributed by atoms with Gasteiger partial charge in [-0.05, 0) is 0 Å². The molecule has 0 radical (unpaired) electrons. The summed E-state index contributed by atoms with van der Waals surface area (Å²) in [6.45, 7) is 2.19. The quantitative estimate of drug-likeness (QED) is 0.734. The van der Waals surface area contributed by atoms with Crippen LogP contribution in [0.25, 0.3) is 0 Å². The van der Waals surface area contributed by atoms with E-state index in [9.17, 15) is 0 Å². The number of hydrogen-bond donors (Lipinski definition) is 0. The minimum atomic E-state index is -2.13. The zero-order chi connectivity index (χ0) is 11.0. The first-order valence-electron chi connectivity index (χ1n) is 6.17. The van der Waals surface area contributed by atoms with E-state index in [0.29, 0.717) is 12.2 Å². The fraction of sp³-hybridized carbons (Fsp3) is 0.538. The van der Waals surface area contributed by atoms with Crippen LogP contribution in [0, 0.1) is 0 Å². The van der Waals surface area contributed by atoms with Crippen molar-refractivity contribution in [1.82, 2.24) is 0 Å². The Hall–Kier alpha value is -0.430. The van der Waals surface area contributed by atoms with E-state index in [1.165, 1.54) is 31.0 Å². The molecule has 2 fully saturated rings. The van der Waals surface area contributed by atoms with Crippen LogP contribution < -0.4 is 5.30 Å². The van der Waals surface area contributed by atoms with Gasteiger partial charge in [-0.15, -0.1) is 0 Å².